The van der Waals surface area contributed by atoms with E-state index in [9.17, 15) is 0 Å². The molecule has 0 saturated carbocycles. The van der Waals surface area contributed by atoms with Gasteiger partial charge in [-0.3, -0.25) is 0 Å². The van der Waals surface area contributed by atoms with Crippen molar-refractivity contribution in [2.24, 2.45) is 0 Å². The van der Waals surface area contributed by atoms with Gasteiger partial charge < -0.3 is 9.13 Å². The zero-order valence-electron chi connectivity index (χ0n) is 23.9. The fraction of sp³-hybridized carbons (Fsp3) is 0. The predicted molar refractivity (Wildman–Crippen MR) is 184 cm³/mol. The standard InChI is InChI=1S/C42H26N2/c1-4-14-29(15-5-1)31-24-32(30-16-6-2-7-17-30)26-34(25-31)44-40-23-13-11-21-36(40)38-27-41-37(28-42(38)44)35-20-10-12-22-39(35)43(41)33-18-8-3-9-19-33/h1-10,12,14-28H. The molecule has 0 radical (unpaired) electrons. The Hall–Kier alpha value is -6.04. The van der Waals surface area contributed by atoms with Gasteiger partial charge in [0.05, 0.1) is 22.2 Å². The largest absolute Gasteiger partial charge is 0.309 e. The first-order valence-electron chi connectivity index (χ1n) is 14.9. The van der Waals surface area contributed by atoms with Crippen molar-refractivity contribution in [2.75, 3.05) is 0 Å². The van der Waals surface area contributed by atoms with Crippen LogP contribution in [0.5, 0.6) is 0 Å². The second-order valence-electron chi connectivity index (χ2n) is 11.3. The van der Waals surface area contributed by atoms with Crippen LogP contribution < -0.4 is 0 Å². The molecule has 0 unspecified atom stereocenters. The second kappa shape index (κ2) is 9.76. The van der Waals surface area contributed by atoms with E-state index < -0.39 is 0 Å². The summed E-state index contributed by atoms with van der Waals surface area (Å²) in [6.45, 7) is 0. The Kier molecular flexibility index (Phi) is 5.45. The summed E-state index contributed by atoms with van der Waals surface area (Å²) in [5, 5.41) is 3.67. The number of rotatable bonds is 4. The van der Waals surface area contributed by atoms with Crippen LogP contribution in [0.15, 0.2) is 157 Å². The van der Waals surface area contributed by atoms with Gasteiger partial charge >= 0.3 is 0 Å². The monoisotopic (exact) mass is 558 g/mol. The van der Waals surface area contributed by atoms with E-state index in [4.69, 9.17) is 0 Å². The van der Waals surface area contributed by atoms with Crippen LogP contribution in [0.3, 0.4) is 0 Å². The Morgan fingerprint density at radius 1 is 0.364 bits per heavy atom. The summed E-state index contributed by atoms with van der Waals surface area (Å²) in [5.41, 5.74) is 19.4. The van der Waals surface area contributed by atoms with Crippen molar-refractivity contribution in [2.45, 2.75) is 0 Å². The molecule has 2 heterocycles. The molecule has 2 nitrogen and oxygen atoms in total. The van der Waals surface area contributed by atoms with Crippen LogP contribution >= 0.6 is 0 Å². The molecule has 1 aliphatic carbocycles. The lowest BCUT2D eigenvalue weighted by atomic mass is 9.98. The first-order chi connectivity index (χ1) is 21.8. The van der Waals surface area contributed by atoms with E-state index in [-0.39, 0.29) is 0 Å². The van der Waals surface area contributed by atoms with Crippen LogP contribution in [0.1, 0.15) is 11.3 Å². The highest BCUT2D eigenvalue weighted by Crippen LogP contribution is 2.41. The molecule has 2 heteroatoms. The van der Waals surface area contributed by atoms with Gasteiger partial charge in [0.1, 0.15) is 0 Å². The van der Waals surface area contributed by atoms with Crippen LogP contribution in [-0.2, 0) is 0 Å². The molecule has 6 aromatic carbocycles. The lowest BCUT2D eigenvalue weighted by Gasteiger charge is -2.15. The van der Waals surface area contributed by atoms with Crippen LogP contribution in [0.2, 0.25) is 0 Å². The molecule has 8 aromatic rings. The topological polar surface area (TPSA) is 9.86 Å². The maximum Gasteiger partial charge on any atom is 0.0631 e. The summed E-state index contributed by atoms with van der Waals surface area (Å²) in [6.07, 6.45) is 4.15. The number of hydrogen-bond donors (Lipinski definition) is 0. The van der Waals surface area contributed by atoms with Gasteiger partial charge in [0, 0.05) is 39.2 Å². The molecule has 9 rings (SSSR count). The van der Waals surface area contributed by atoms with Crippen molar-refractivity contribution in [3.05, 3.63) is 168 Å². The predicted octanol–water partition coefficient (Wildman–Crippen LogP) is 10.9. The minimum absolute atomic E-state index is 1.12. The van der Waals surface area contributed by atoms with Gasteiger partial charge in [0.2, 0.25) is 0 Å². The first kappa shape index (κ1) is 24.5. The quantitative estimate of drug-likeness (QED) is 0.190. The Balaban J connectivity index is 1.39. The minimum atomic E-state index is 1.12. The van der Waals surface area contributed by atoms with E-state index in [1.165, 1.54) is 55.0 Å². The Labute approximate surface area is 255 Å². The molecule has 0 aliphatic heterocycles. The fourth-order valence-corrected chi connectivity index (χ4v) is 6.78. The molecular weight excluding hydrogens is 532 g/mol. The molecule has 0 atom stereocenters. The van der Waals surface area contributed by atoms with E-state index in [1.54, 1.807) is 0 Å². The van der Waals surface area contributed by atoms with E-state index >= 15 is 0 Å². The second-order valence-corrected chi connectivity index (χ2v) is 11.3. The molecular formula is C42H26N2. The molecule has 204 valence electrons. The molecule has 0 amide bonds. The van der Waals surface area contributed by atoms with Gasteiger partial charge in [-0.15, -0.1) is 0 Å². The van der Waals surface area contributed by atoms with Gasteiger partial charge in [-0.05, 0) is 76.9 Å². The average molecular weight is 559 g/mol. The summed E-state index contributed by atoms with van der Waals surface area (Å²) < 4.78 is 4.79. The molecule has 0 saturated heterocycles. The number of hydrogen-bond acceptors (Lipinski definition) is 0. The van der Waals surface area contributed by atoms with Crippen molar-refractivity contribution < 1.29 is 0 Å². The van der Waals surface area contributed by atoms with Crippen LogP contribution in [0.25, 0.3) is 78.5 Å². The Morgan fingerprint density at radius 3 is 1.64 bits per heavy atom. The third-order valence-electron chi connectivity index (χ3n) is 8.75. The normalized spacial score (nSPS) is 12.0. The van der Waals surface area contributed by atoms with E-state index in [0.717, 1.165) is 22.6 Å². The number of aromatic nitrogens is 2. The fourth-order valence-electron chi connectivity index (χ4n) is 6.78. The van der Waals surface area contributed by atoms with Crippen LogP contribution in [-0.4, -0.2) is 9.13 Å². The molecule has 0 N–H and O–H groups in total. The summed E-state index contributed by atoms with van der Waals surface area (Å²) in [7, 11) is 0. The van der Waals surface area contributed by atoms with E-state index in [2.05, 4.69) is 178 Å². The molecule has 2 aromatic heterocycles. The molecule has 0 spiro atoms. The SMILES string of the molecule is C1=C=Cc2c(c3cc4c(cc3n2-c2cc(-c3ccccc3)cc(-c3ccccc3)c2)c2ccccc2n4-c2ccccc2)C=1. The zero-order chi connectivity index (χ0) is 29.0. The average Bonchev–Trinajstić information content (AvgIpc) is 3.60. The first-order valence-corrected chi connectivity index (χ1v) is 14.9. The van der Waals surface area contributed by atoms with Crippen molar-refractivity contribution >= 4 is 44.9 Å². The number of fused-ring (bicyclic) bond motifs is 6. The lowest BCUT2D eigenvalue weighted by molar-refractivity contribution is 1.11. The van der Waals surface area contributed by atoms with Crippen molar-refractivity contribution in [1.82, 2.24) is 9.13 Å². The molecule has 0 fully saturated rings. The third kappa shape index (κ3) is 3.77. The number of benzene rings is 6. The van der Waals surface area contributed by atoms with Gasteiger partial charge in [-0.2, -0.15) is 0 Å². The Morgan fingerprint density at radius 2 is 0.932 bits per heavy atom. The summed E-state index contributed by atoms with van der Waals surface area (Å²) >= 11 is 0. The maximum absolute atomic E-state index is 3.25. The van der Waals surface area contributed by atoms with Gasteiger partial charge in [-0.1, -0.05) is 109 Å². The number of nitrogens with zero attached hydrogens (tertiary/aromatic N) is 2. The Bertz CT molecular complexity index is 2420. The van der Waals surface area contributed by atoms with Crippen molar-refractivity contribution in [3.63, 3.8) is 0 Å². The van der Waals surface area contributed by atoms with Crippen LogP contribution in [0.4, 0.5) is 0 Å². The molecule has 1 aliphatic rings. The highest BCUT2D eigenvalue weighted by molar-refractivity contribution is 6.15. The lowest BCUT2D eigenvalue weighted by Crippen LogP contribution is -1.99. The van der Waals surface area contributed by atoms with Gasteiger partial charge in [0.15, 0.2) is 0 Å². The minimum Gasteiger partial charge on any atom is -0.309 e. The zero-order valence-corrected chi connectivity index (χ0v) is 23.9. The van der Waals surface area contributed by atoms with Crippen molar-refractivity contribution in [3.8, 4) is 33.6 Å². The third-order valence-corrected chi connectivity index (χ3v) is 8.75. The van der Waals surface area contributed by atoms with E-state index in [0.29, 0.717) is 0 Å². The van der Waals surface area contributed by atoms with Gasteiger partial charge in [-0.25, -0.2) is 0 Å². The number of para-hydroxylation sites is 2. The molecule has 44 heavy (non-hydrogen) atoms. The van der Waals surface area contributed by atoms with Crippen LogP contribution in [0, 0.1) is 0 Å². The summed E-state index contributed by atoms with van der Waals surface area (Å²) in [5.74, 6) is 0. The highest BCUT2D eigenvalue weighted by atomic mass is 15.0. The van der Waals surface area contributed by atoms with E-state index in [1.807, 2.05) is 0 Å². The van der Waals surface area contributed by atoms with Gasteiger partial charge in [0.25, 0.3) is 0 Å². The highest BCUT2D eigenvalue weighted by Gasteiger charge is 2.21. The summed E-state index contributed by atoms with van der Waals surface area (Å²) in [6, 6.07) is 52.3. The summed E-state index contributed by atoms with van der Waals surface area (Å²) in [4.78, 5) is 0. The van der Waals surface area contributed by atoms with Crippen molar-refractivity contribution in [1.29, 1.82) is 0 Å². The maximum atomic E-state index is 3.25. The molecule has 0 bridgehead atoms. The smallest absolute Gasteiger partial charge is 0.0631 e.